The van der Waals surface area contributed by atoms with E-state index in [9.17, 15) is 19.8 Å². The first-order valence-electron chi connectivity index (χ1n) is 27.8. The van der Waals surface area contributed by atoms with Gasteiger partial charge in [-0.1, -0.05) is 249 Å². The Morgan fingerprint density at radius 1 is 0.444 bits per heavy atom. The first-order valence-corrected chi connectivity index (χ1v) is 27.8. The molecule has 2 unspecified atom stereocenters. The minimum Gasteiger partial charge on any atom is -0.466 e. The topological polar surface area (TPSA) is 95.9 Å². The van der Waals surface area contributed by atoms with Gasteiger partial charge in [-0.3, -0.25) is 9.59 Å². The van der Waals surface area contributed by atoms with Crippen molar-refractivity contribution in [1.82, 2.24) is 5.32 Å². The molecule has 0 aromatic rings. The Morgan fingerprint density at radius 3 is 1.24 bits per heavy atom. The number of unbranched alkanes of at least 4 members (excludes halogenated alkanes) is 36. The summed E-state index contributed by atoms with van der Waals surface area (Å²) in [5, 5.41) is 23.1. The Kier molecular flexibility index (Phi) is 51.1. The molecule has 0 aliphatic heterocycles. The molecule has 0 heterocycles. The molecule has 0 aromatic heterocycles. The number of aliphatic hydroxyl groups is 2. The van der Waals surface area contributed by atoms with Gasteiger partial charge in [0.25, 0.3) is 0 Å². The molecule has 0 saturated heterocycles. The Bertz CT molecular complexity index is 1020. The van der Waals surface area contributed by atoms with Crippen LogP contribution in [0.25, 0.3) is 0 Å². The standard InChI is InChI=1S/C57H107NO5/c1-3-5-7-9-11-13-15-17-21-25-29-33-37-41-45-49-55(60)54(53-59)58-56(61)50-46-42-38-34-30-26-23-19-20-24-28-32-36-40-44-48-52-63-57(62)51-47-43-39-35-31-27-22-18-16-14-12-10-8-6-4-2/h12,14,18,22,45,49,54-55,59-60H,3-11,13,15-17,19-21,23-44,46-48,50-53H2,1-2H3,(H,58,61)/b14-12-,22-18-,49-45+. The summed E-state index contributed by atoms with van der Waals surface area (Å²) in [4.78, 5) is 24.5. The Labute approximate surface area is 392 Å². The lowest BCUT2D eigenvalue weighted by atomic mass is 10.0. The number of rotatable bonds is 51. The van der Waals surface area contributed by atoms with Crippen LogP contribution in [0.1, 0.15) is 290 Å². The number of esters is 1. The molecule has 2 atom stereocenters. The largest absolute Gasteiger partial charge is 0.466 e. The summed E-state index contributed by atoms with van der Waals surface area (Å²) in [5.41, 5.74) is 0. The van der Waals surface area contributed by atoms with Crippen LogP contribution in [0.15, 0.2) is 36.5 Å². The number of carbonyl (C=O) groups is 2. The molecule has 3 N–H and O–H groups in total. The third-order valence-electron chi connectivity index (χ3n) is 12.7. The van der Waals surface area contributed by atoms with Crippen LogP contribution in [0.3, 0.4) is 0 Å². The molecule has 0 saturated carbocycles. The lowest BCUT2D eigenvalue weighted by Gasteiger charge is -2.20. The lowest BCUT2D eigenvalue weighted by Crippen LogP contribution is -2.45. The molecule has 0 spiro atoms. The number of hydrogen-bond donors (Lipinski definition) is 3. The summed E-state index contributed by atoms with van der Waals surface area (Å²) in [5.74, 6) is -0.0871. The van der Waals surface area contributed by atoms with Crippen molar-refractivity contribution in [3.63, 3.8) is 0 Å². The molecule has 6 heteroatoms. The highest BCUT2D eigenvalue weighted by Crippen LogP contribution is 2.16. The van der Waals surface area contributed by atoms with E-state index in [1.54, 1.807) is 6.08 Å². The molecule has 0 aliphatic carbocycles. The summed E-state index contributed by atoms with van der Waals surface area (Å²) in [7, 11) is 0. The van der Waals surface area contributed by atoms with Gasteiger partial charge in [-0.2, -0.15) is 0 Å². The predicted molar refractivity (Wildman–Crippen MR) is 273 cm³/mol. The maximum absolute atomic E-state index is 12.4. The number of ether oxygens (including phenoxy) is 1. The van der Waals surface area contributed by atoms with Gasteiger partial charge in [-0.15, -0.1) is 0 Å². The quantitative estimate of drug-likeness (QED) is 0.0321. The van der Waals surface area contributed by atoms with Crippen LogP contribution in [0.4, 0.5) is 0 Å². The highest BCUT2D eigenvalue weighted by molar-refractivity contribution is 5.76. The maximum atomic E-state index is 12.4. The SMILES string of the molecule is CCCCC/C=C\C/C=C\CCCCCCCC(=O)OCCCCCCCCCCCCCCCCCCC(=O)NC(CO)C(O)/C=C/CCCCCCCCCCCCCCC. The molecule has 0 aromatic carbocycles. The van der Waals surface area contributed by atoms with E-state index in [4.69, 9.17) is 4.74 Å². The molecule has 0 aliphatic rings. The van der Waals surface area contributed by atoms with Crippen molar-refractivity contribution in [2.75, 3.05) is 13.2 Å². The number of hydrogen-bond acceptors (Lipinski definition) is 5. The number of allylic oxidation sites excluding steroid dienone is 5. The van der Waals surface area contributed by atoms with Crippen LogP contribution >= 0.6 is 0 Å². The van der Waals surface area contributed by atoms with Gasteiger partial charge in [0, 0.05) is 12.8 Å². The summed E-state index contributed by atoms with van der Waals surface area (Å²) >= 11 is 0. The van der Waals surface area contributed by atoms with Crippen molar-refractivity contribution in [3.05, 3.63) is 36.5 Å². The second kappa shape index (κ2) is 52.7. The van der Waals surface area contributed by atoms with E-state index in [0.717, 1.165) is 57.8 Å². The maximum Gasteiger partial charge on any atom is 0.305 e. The summed E-state index contributed by atoms with van der Waals surface area (Å²) in [6.07, 6.45) is 64.3. The zero-order valence-electron chi connectivity index (χ0n) is 42.1. The number of aliphatic hydroxyl groups excluding tert-OH is 2. The number of nitrogens with one attached hydrogen (secondary N) is 1. The van der Waals surface area contributed by atoms with Crippen molar-refractivity contribution in [3.8, 4) is 0 Å². The molecule has 370 valence electrons. The van der Waals surface area contributed by atoms with E-state index >= 15 is 0 Å². The highest BCUT2D eigenvalue weighted by atomic mass is 16.5. The van der Waals surface area contributed by atoms with Gasteiger partial charge in [-0.25, -0.2) is 0 Å². The fourth-order valence-electron chi connectivity index (χ4n) is 8.37. The van der Waals surface area contributed by atoms with E-state index in [1.807, 2.05) is 6.08 Å². The summed E-state index contributed by atoms with van der Waals surface area (Å²) in [6, 6.07) is -0.633. The molecule has 0 bridgehead atoms. The number of amides is 1. The molecule has 63 heavy (non-hydrogen) atoms. The second-order valence-electron chi connectivity index (χ2n) is 18.9. The van der Waals surface area contributed by atoms with Crippen LogP contribution in [0.2, 0.25) is 0 Å². The molecule has 0 radical (unpaired) electrons. The Morgan fingerprint density at radius 2 is 0.794 bits per heavy atom. The monoisotopic (exact) mass is 886 g/mol. The number of carbonyl (C=O) groups excluding carboxylic acids is 2. The molecular formula is C57H107NO5. The average Bonchev–Trinajstić information content (AvgIpc) is 3.28. The average molecular weight is 886 g/mol. The van der Waals surface area contributed by atoms with Gasteiger partial charge >= 0.3 is 5.97 Å². The molecule has 0 fully saturated rings. The van der Waals surface area contributed by atoms with E-state index in [1.165, 1.54) is 205 Å². The normalized spacial score (nSPS) is 12.9. The Hall–Kier alpha value is -1.92. The van der Waals surface area contributed by atoms with Crippen LogP contribution in [0, 0.1) is 0 Å². The van der Waals surface area contributed by atoms with Gasteiger partial charge in [-0.05, 0) is 64.2 Å². The highest BCUT2D eigenvalue weighted by Gasteiger charge is 2.18. The lowest BCUT2D eigenvalue weighted by molar-refractivity contribution is -0.143. The van der Waals surface area contributed by atoms with Crippen molar-refractivity contribution in [1.29, 1.82) is 0 Å². The van der Waals surface area contributed by atoms with Gasteiger partial charge in [0.05, 0.1) is 25.4 Å². The van der Waals surface area contributed by atoms with Gasteiger partial charge in [0.2, 0.25) is 5.91 Å². The molecule has 0 rings (SSSR count). The Balaban J connectivity index is 3.46. The minimum absolute atomic E-state index is 0.0121. The third-order valence-corrected chi connectivity index (χ3v) is 12.7. The van der Waals surface area contributed by atoms with Crippen molar-refractivity contribution in [2.45, 2.75) is 302 Å². The molecular weight excluding hydrogens is 779 g/mol. The van der Waals surface area contributed by atoms with Crippen LogP contribution in [0.5, 0.6) is 0 Å². The fraction of sp³-hybridized carbons (Fsp3) is 0.860. The predicted octanol–water partition coefficient (Wildman–Crippen LogP) is 16.9. The summed E-state index contributed by atoms with van der Waals surface area (Å²) < 4.78 is 5.46. The van der Waals surface area contributed by atoms with Gasteiger partial charge < -0.3 is 20.3 Å². The van der Waals surface area contributed by atoms with E-state index in [-0.39, 0.29) is 18.5 Å². The van der Waals surface area contributed by atoms with Gasteiger partial charge in [0.1, 0.15) is 0 Å². The van der Waals surface area contributed by atoms with Crippen LogP contribution < -0.4 is 5.32 Å². The first kappa shape index (κ1) is 61.1. The van der Waals surface area contributed by atoms with Crippen LogP contribution in [-0.2, 0) is 14.3 Å². The van der Waals surface area contributed by atoms with Crippen LogP contribution in [-0.4, -0.2) is 47.4 Å². The van der Waals surface area contributed by atoms with Crippen molar-refractivity contribution < 1.29 is 24.5 Å². The third kappa shape index (κ3) is 49.4. The minimum atomic E-state index is -0.849. The van der Waals surface area contributed by atoms with E-state index < -0.39 is 12.1 Å². The zero-order chi connectivity index (χ0) is 45.8. The van der Waals surface area contributed by atoms with Gasteiger partial charge in [0.15, 0.2) is 0 Å². The second-order valence-corrected chi connectivity index (χ2v) is 18.9. The summed E-state index contributed by atoms with van der Waals surface area (Å²) in [6.45, 7) is 4.86. The van der Waals surface area contributed by atoms with Crippen molar-refractivity contribution >= 4 is 11.9 Å². The smallest absolute Gasteiger partial charge is 0.305 e. The first-order chi connectivity index (χ1) is 31.0. The van der Waals surface area contributed by atoms with E-state index in [2.05, 4.69) is 43.5 Å². The fourth-order valence-corrected chi connectivity index (χ4v) is 8.37. The molecule has 6 nitrogen and oxygen atoms in total. The zero-order valence-corrected chi connectivity index (χ0v) is 42.1. The van der Waals surface area contributed by atoms with E-state index in [0.29, 0.717) is 19.4 Å². The molecule has 1 amide bonds. The van der Waals surface area contributed by atoms with Crippen molar-refractivity contribution in [2.24, 2.45) is 0 Å².